The first-order chi connectivity index (χ1) is 10.1. The molecular weight excluding hydrogens is 282 g/mol. The molecule has 1 fully saturated rings. The predicted molar refractivity (Wildman–Crippen MR) is 85.7 cm³/mol. The second-order valence-electron chi connectivity index (χ2n) is 6.69. The molecule has 0 amide bonds. The summed E-state index contributed by atoms with van der Waals surface area (Å²) in [5.74, 6) is 2.45. The first-order valence-corrected chi connectivity index (χ1v) is 8.82. The highest BCUT2D eigenvalue weighted by molar-refractivity contribution is 7.16. The topological polar surface area (TPSA) is 46.3 Å². The summed E-state index contributed by atoms with van der Waals surface area (Å²) < 4.78 is 1.95. The second kappa shape index (κ2) is 6.40. The smallest absolute Gasteiger partial charge is 0.234 e. The molecule has 116 valence electrons. The summed E-state index contributed by atoms with van der Waals surface area (Å²) in [6.07, 6.45) is 5.96. The molecule has 0 bridgehead atoms. The van der Waals surface area contributed by atoms with E-state index in [-0.39, 0.29) is 0 Å². The van der Waals surface area contributed by atoms with Crippen LogP contribution in [0.2, 0.25) is 0 Å². The Morgan fingerprint density at radius 1 is 1.24 bits per heavy atom. The number of hydrogen-bond donors (Lipinski definition) is 0. The minimum Gasteiger partial charge on any atom is -0.306 e. The molecule has 3 rings (SSSR count). The van der Waals surface area contributed by atoms with Crippen LogP contribution in [0.4, 0.5) is 0 Å². The minimum atomic E-state index is 0.585. The lowest BCUT2D eigenvalue weighted by atomic mass is 9.93. The molecule has 1 aliphatic rings. The number of likely N-dealkylation sites (tertiary alicyclic amines) is 1. The van der Waals surface area contributed by atoms with Crippen molar-refractivity contribution in [3.8, 4) is 0 Å². The Kier molecular flexibility index (Phi) is 4.54. The Morgan fingerprint density at radius 2 is 2.00 bits per heavy atom. The molecule has 5 nitrogen and oxygen atoms in total. The molecule has 6 heteroatoms. The molecule has 3 heterocycles. The van der Waals surface area contributed by atoms with Crippen LogP contribution in [0.5, 0.6) is 0 Å². The van der Waals surface area contributed by atoms with Crippen molar-refractivity contribution >= 4 is 16.3 Å². The van der Waals surface area contributed by atoms with Crippen molar-refractivity contribution in [3.63, 3.8) is 0 Å². The fraction of sp³-hybridized carbons (Fsp3) is 0.800. The Balaban J connectivity index is 1.61. The van der Waals surface area contributed by atoms with Gasteiger partial charge in [0.15, 0.2) is 5.82 Å². The number of nitrogens with zero attached hydrogens (tertiary/aromatic N) is 5. The molecule has 2 aromatic heterocycles. The highest BCUT2D eigenvalue weighted by Gasteiger charge is 2.18. The number of aryl methyl sites for hydroxylation is 1. The molecule has 1 saturated heterocycles. The van der Waals surface area contributed by atoms with Gasteiger partial charge in [-0.2, -0.15) is 9.61 Å². The fourth-order valence-corrected chi connectivity index (χ4v) is 3.84. The molecule has 0 unspecified atom stereocenters. The van der Waals surface area contributed by atoms with Crippen LogP contribution in [-0.4, -0.2) is 44.8 Å². The third kappa shape index (κ3) is 3.61. The normalized spacial score (nSPS) is 18.1. The van der Waals surface area contributed by atoms with Crippen molar-refractivity contribution < 1.29 is 0 Å². The molecule has 0 aromatic carbocycles. The fourth-order valence-electron chi connectivity index (χ4n) is 2.97. The summed E-state index contributed by atoms with van der Waals surface area (Å²) in [6.45, 7) is 6.89. The molecule has 0 spiro atoms. The van der Waals surface area contributed by atoms with Crippen molar-refractivity contribution in [3.05, 3.63) is 10.8 Å². The third-order valence-corrected chi connectivity index (χ3v) is 5.25. The van der Waals surface area contributed by atoms with Crippen LogP contribution < -0.4 is 0 Å². The van der Waals surface area contributed by atoms with Crippen molar-refractivity contribution in [2.45, 2.75) is 46.0 Å². The van der Waals surface area contributed by atoms with E-state index in [0.29, 0.717) is 5.92 Å². The Hall–Kier alpha value is -1.01. The lowest BCUT2D eigenvalue weighted by molar-refractivity contribution is 0.212. The van der Waals surface area contributed by atoms with Gasteiger partial charge in [-0.1, -0.05) is 25.2 Å². The van der Waals surface area contributed by atoms with E-state index in [1.165, 1.54) is 37.4 Å². The van der Waals surface area contributed by atoms with Gasteiger partial charge in [0.25, 0.3) is 0 Å². The first kappa shape index (κ1) is 14.9. The van der Waals surface area contributed by atoms with Gasteiger partial charge in [0.2, 0.25) is 4.96 Å². The van der Waals surface area contributed by atoms with Crippen LogP contribution in [0.1, 0.15) is 43.9 Å². The summed E-state index contributed by atoms with van der Waals surface area (Å²) in [7, 11) is 2.22. The van der Waals surface area contributed by atoms with Crippen LogP contribution in [-0.2, 0) is 12.8 Å². The number of rotatable bonds is 5. The zero-order valence-electron chi connectivity index (χ0n) is 13.2. The quantitative estimate of drug-likeness (QED) is 0.852. The van der Waals surface area contributed by atoms with Gasteiger partial charge in [-0.15, -0.1) is 10.2 Å². The first-order valence-electron chi connectivity index (χ1n) is 8.00. The van der Waals surface area contributed by atoms with Crippen molar-refractivity contribution in [1.82, 2.24) is 24.7 Å². The second-order valence-corrected chi connectivity index (χ2v) is 7.73. The van der Waals surface area contributed by atoms with Gasteiger partial charge in [-0.3, -0.25) is 0 Å². The van der Waals surface area contributed by atoms with Gasteiger partial charge in [0, 0.05) is 12.8 Å². The maximum Gasteiger partial charge on any atom is 0.234 e. The van der Waals surface area contributed by atoms with Gasteiger partial charge in [-0.05, 0) is 51.2 Å². The standard InChI is InChI=1S/C15H25N5S/c1-11(2)10-13-16-17-15-20(13)18-14(21-15)5-4-12-6-8-19(3)9-7-12/h11-12H,4-10H2,1-3H3. The van der Waals surface area contributed by atoms with Crippen molar-refractivity contribution in [2.75, 3.05) is 20.1 Å². The summed E-state index contributed by atoms with van der Waals surface area (Å²) >= 11 is 1.70. The molecule has 0 saturated carbocycles. The summed E-state index contributed by atoms with van der Waals surface area (Å²) in [6, 6.07) is 0. The van der Waals surface area contributed by atoms with Gasteiger partial charge in [0.05, 0.1) is 0 Å². The zero-order valence-corrected chi connectivity index (χ0v) is 14.1. The minimum absolute atomic E-state index is 0.585. The van der Waals surface area contributed by atoms with E-state index >= 15 is 0 Å². The van der Waals surface area contributed by atoms with Crippen LogP contribution in [0.25, 0.3) is 4.96 Å². The number of piperidine rings is 1. The van der Waals surface area contributed by atoms with Crippen LogP contribution in [0, 0.1) is 11.8 Å². The highest BCUT2D eigenvalue weighted by atomic mass is 32.1. The SMILES string of the molecule is CC(C)Cc1nnc2sc(CCC3CCN(C)CC3)nn12. The zero-order chi connectivity index (χ0) is 14.8. The molecule has 21 heavy (non-hydrogen) atoms. The largest absolute Gasteiger partial charge is 0.306 e. The van der Waals surface area contributed by atoms with Crippen LogP contribution >= 0.6 is 11.3 Å². The number of fused-ring (bicyclic) bond motifs is 1. The summed E-state index contributed by atoms with van der Waals surface area (Å²) in [5, 5.41) is 14.4. The van der Waals surface area contributed by atoms with Crippen LogP contribution in [0.3, 0.4) is 0 Å². The van der Waals surface area contributed by atoms with Crippen molar-refractivity contribution in [2.24, 2.45) is 11.8 Å². The average molecular weight is 307 g/mol. The molecule has 0 radical (unpaired) electrons. The summed E-state index contributed by atoms with van der Waals surface area (Å²) in [5.41, 5.74) is 0. The Labute approximate surface area is 130 Å². The Bertz CT molecular complexity index is 580. The monoisotopic (exact) mass is 307 g/mol. The van der Waals surface area contributed by atoms with E-state index in [9.17, 15) is 0 Å². The predicted octanol–water partition coefficient (Wildman–Crippen LogP) is 2.66. The number of aromatic nitrogens is 4. The van der Waals surface area contributed by atoms with E-state index < -0.39 is 0 Å². The van der Waals surface area contributed by atoms with E-state index in [1.54, 1.807) is 11.3 Å². The van der Waals surface area contributed by atoms with E-state index in [1.807, 2.05) is 4.52 Å². The van der Waals surface area contributed by atoms with E-state index in [0.717, 1.165) is 29.5 Å². The molecule has 0 N–H and O–H groups in total. The molecule has 0 aliphatic carbocycles. The average Bonchev–Trinajstić information content (AvgIpc) is 3.00. The van der Waals surface area contributed by atoms with Gasteiger partial charge >= 0.3 is 0 Å². The molecule has 2 aromatic rings. The maximum atomic E-state index is 4.72. The van der Waals surface area contributed by atoms with E-state index in [4.69, 9.17) is 5.10 Å². The lowest BCUT2D eigenvalue weighted by Gasteiger charge is -2.28. The lowest BCUT2D eigenvalue weighted by Crippen LogP contribution is -2.30. The van der Waals surface area contributed by atoms with Crippen molar-refractivity contribution in [1.29, 1.82) is 0 Å². The van der Waals surface area contributed by atoms with E-state index in [2.05, 4.69) is 36.0 Å². The maximum absolute atomic E-state index is 4.72. The molecule has 0 atom stereocenters. The molecule has 1 aliphatic heterocycles. The third-order valence-electron chi connectivity index (χ3n) is 4.29. The van der Waals surface area contributed by atoms with Crippen LogP contribution in [0.15, 0.2) is 0 Å². The molecular formula is C15H25N5S. The van der Waals surface area contributed by atoms with Gasteiger partial charge in [-0.25, -0.2) is 0 Å². The van der Waals surface area contributed by atoms with Gasteiger partial charge < -0.3 is 4.90 Å². The number of hydrogen-bond acceptors (Lipinski definition) is 5. The summed E-state index contributed by atoms with van der Waals surface area (Å²) in [4.78, 5) is 3.38. The Morgan fingerprint density at radius 3 is 2.71 bits per heavy atom. The van der Waals surface area contributed by atoms with Gasteiger partial charge in [0.1, 0.15) is 5.01 Å². The highest BCUT2D eigenvalue weighted by Crippen LogP contribution is 2.23.